The third-order valence-corrected chi connectivity index (χ3v) is 7.89. The highest BCUT2D eigenvalue weighted by molar-refractivity contribution is 5.85. The molecule has 1 aliphatic carbocycles. The van der Waals surface area contributed by atoms with Gasteiger partial charge in [-0.05, 0) is 78.3 Å². The first-order valence-electron chi connectivity index (χ1n) is 13.3. The van der Waals surface area contributed by atoms with E-state index in [2.05, 4.69) is 84.2 Å². The van der Waals surface area contributed by atoms with Crippen molar-refractivity contribution in [2.24, 2.45) is 5.41 Å². The van der Waals surface area contributed by atoms with Crippen LogP contribution in [-0.4, -0.2) is 39.5 Å². The summed E-state index contributed by atoms with van der Waals surface area (Å²) in [5.41, 5.74) is 7.27. The smallest absolute Gasteiger partial charge is 0.0768 e. The Morgan fingerprint density at radius 1 is 0.889 bits per heavy atom. The minimum Gasteiger partial charge on any atom is -0.385 e. The zero-order valence-electron chi connectivity index (χ0n) is 21.5. The van der Waals surface area contributed by atoms with Crippen LogP contribution in [0.5, 0.6) is 0 Å². The van der Waals surface area contributed by atoms with Gasteiger partial charge in [0.15, 0.2) is 0 Å². The molecular formula is C32H40ClNO2. The van der Waals surface area contributed by atoms with Crippen molar-refractivity contribution in [1.29, 1.82) is 0 Å². The Kier molecular flexibility index (Phi) is 9.61. The number of hydrogen-bond acceptors (Lipinski definition) is 3. The molecule has 0 radical (unpaired) electrons. The van der Waals surface area contributed by atoms with Gasteiger partial charge in [-0.15, -0.1) is 12.4 Å². The first kappa shape index (κ1) is 26.9. The number of hydrogen-bond donors (Lipinski definition) is 1. The Balaban J connectivity index is 0.00000304. The summed E-state index contributed by atoms with van der Waals surface area (Å²) < 4.78 is 12.0. The Morgan fingerprint density at radius 3 is 2.42 bits per heavy atom. The maximum absolute atomic E-state index is 6.75. The molecule has 192 valence electrons. The summed E-state index contributed by atoms with van der Waals surface area (Å²) in [5.74, 6) is 0.442. The number of nitrogens with one attached hydrogen (secondary N) is 1. The van der Waals surface area contributed by atoms with Gasteiger partial charge in [0.05, 0.1) is 12.7 Å². The van der Waals surface area contributed by atoms with Gasteiger partial charge in [0.1, 0.15) is 0 Å². The van der Waals surface area contributed by atoms with E-state index in [1.54, 1.807) is 7.11 Å². The van der Waals surface area contributed by atoms with Gasteiger partial charge in [-0.1, -0.05) is 78.9 Å². The summed E-state index contributed by atoms with van der Waals surface area (Å²) in [6.07, 6.45) is 7.19. The predicted molar refractivity (Wildman–Crippen MR) is 151 cm³/mol. The second-order valence-electron chi connectivity index (χ2n) is 10.5. The lowest BCUT2D eigenvalue weighted by molar-refractivity contribution is -0.00357. The lowest BCUT2D eigenvalue weighted by Crippen LogP contribution is -2.42. The molecule has 3 nitrogen and oxygen atoms in total. The van der Waals surface area contributed by atoms with Crippen molar-refractivity contribution in [3.63, 3.8) is 0 Å². The van der Waals surface area contributed by atoms with Crippen molar-refractivity contribution in [2.45, 2.75) is 50.5 Å². The van der Waals surface area contributed by atoms with E-state index in [4.69, 9.17) is 9.47 Å². The largest absolute Gasteiger partial charge is 0.385 e. The standard InChI is InChI=1S/C32H39NO2.ClH/c1-34-20-8-15-26-11-5-6-12-29(26)22-32(17-18-32)24-35-31-23-33-19-16-30(31)28-14-7-13-27(21-28)25-9-3-2-4-10-25;/h2-7,9-14,21,30-31,33H,8,15-20,22-24H2,1H3;1H/t30-,31+;/m1./s1. The lowest BCUT2D eigenvalue weighted by atomic mass is 9.86. The third kappa shape index (κ3) is 6.77. The SMILES string of the molecule is COCCCc1ccccc1CC1(CO[C@H]2CNCC[C@@H]2c2cccc(-c3ccccc3)c2)CC1.Cl. The van der Waals surface area contributed by atoms with Crippen molar-refractivity contribution in [3.05, 3.63) is 95.6 Å². The molecule has 5 rings (SSSR count). The van der Waals surface area contributed by atoms with Crippen LogP contribution in [0.1, 0.15) is 48.3 Å². The molecule has 0 amide bonds. The molecule has 36 heavy (non-hydrogen) atoms. The first-order chi connectivity index (χ1) is 17.3. The Bertz CT molecular complexity index is 1080. The molecule has 0 unspecified atom stereocenters. The van der Waals surface area contributed by atoms with Crippen LogP contribution < -0.4 is 5.32 Å². The number of methoxy groups -OCH3 is 1. The fourth-order valence-electron chi connectivity index (χ4n) is 5.58. The molecule has 2 atom stereocenters. The first-order valence-corrected chi connectivity index (χ1v) is 13.3. The van der Waals surface area contributed by atoms with Gasteiger partial charge in [0.25, 0.3) is 0 Å². The quantitative estimate of drug-likeness (QED) is 0.289. The van der Waals surface area contributed by atoms with E-state index < -0.39 is 0 Å². The van der Waals surface area contributed by atoms with E-state index >= 15 is 0 Å². The van der Waals surface area contributed by atoms with Crippen LogP contribution in [0, 0.1) is 5.41 Å². The van der Waals surface area contributed by atoms with Crippen molar-refractivity contribution >= 4 is 12.4 Å². The molecule has 1 aliphatic heterocycles. The number of ether oxygens (including phenoxy) is 2. The minimum absolute atomic E-state index is 0. The van der Waals surface area contributed by atoms with Gasteiger partial charge in [-0.25, -0.2) is 0 Å². The molecule has 1 saturated carbocycles. The molecular weight excluding hydrogens is 466 g/mol. The third-order valence-electron chi connectivity index (χ3n) is 7.89. The topological polar surface area (TPSA) is 30.5 Å². The van der Waals surface area contributed by atoms with Crippen molar-refractivity contribution in [1.82, 2.24) is 5.32 Å². The van der Waals surface area contributed by atoms with Gasteiger partial charge in [0.2, 0.25) is 0 Å². The average molecular weight is 506 g/mol. The van der Waals surface area contributed by atoms with E-state index in [1.807, 2.05) is 0 Å². The van der Waals surface area contributed by atoms with Crippen LogP contribution in [0.2, 0.25) is 0 Å². The van der Waals surface area contributed by atoms with Crippen LogP contribution in [-0.2, 0) is 22.3 Å². The molecule has 3 aromatic rings. The minimum atomic E-state index is 0. The Labute approximate surface area is 223 Å². The highest BCUT2D eigenvalue weighted by Crippen LogP contribution is 2.49. The summed E-state index contributed by atoms with van der Waals surface area (Å²) in [7, 11) is 1.79. The zero-order chi connectivity index (χ0) is 23.9. The van der Waals surface area contributed by atoms with Crippen molar-refractivity contribution in [2.75, 3.05) is 33.4 Å². The van der Waals surface area contributed by atoms with E-state index in [0.29, 0.717) is 11.3 Å². The Hall–Kier alpha value is -2.17. The molecule has 2 fully saturated rings. The Morgan fingerprint density at radius 2 is 1.64 bits per heavy atom. The van der Waals surface area contributed by atoms with Crippen LogP contribution in [0.25, 0.3) is 11.1 Å². The normalized spacial score (nSPS) is 20.5. The highest BCUT2D eigenvalue weighted by atomic mass is 35.5. The summed E-state index contributed by atoms with van der Waals surface area (Å²) in [6, 6.07) is 28.8. The van der Waals surface area contributed by atoms with Crippen LogP contribution >= 0.6 is 12.4 Å². The van der Waals surface area contributed by atoms with E-state index in [9.17, 15) is 0 Å². The maximum atomic E-state index is 6.75. The van der Waals surface area contributed by atoms with Crippen LogP contribution in [0.4, 0.5) is 0 Å². The van der Waals surface area contributed by atoms with Gasteiger partial charge in [-0.3, -0.25) is 0 Å². The van der Waals surface area contributed by atoms with Crippen molar-refractivity contribution in [3.8, 4) is 11.1 Å². The lowest BCUT2D eigenvalue weighted by Gasteiger charge is -2.34. The number of rotatable bonds is 11. The number of benzene rings is 3. The summed E-state index contributed by atoms with van der Waals surface area (Å²) >= 11 is 0. The van der Waals surface area contributed by atoms with Crippen molar-refractivity contribution < 1.29 is 9.47 Å². The molecule has 1 N–H and O–H groups in total. The summed E-state index contributed by atoms with van der Waals surface area (Å²) in [5, 5.41) is 3.59. The second kappa shape index (κ2) is 12.9. The van der Waals surface area contributed by atoms with Gasteiger partial charge in [-0.2, -0.15) is 0 Å². The van der Waals surface area contributed by atoms with E-state index in [-0.39, 0.29) is 18.5 Å². The van der Waals surface area contributed by atoms with E-state index in [1.165, 1.54) is 40.7 Å². The molecule has 0 spiro atoms. The van der Waals surface area contributed by atoms with E-state index in [0.717, 1.165) is 52.0 Å². The number of piperidine rings is 1. The summed E-state index contributed by atoms with van der Waals surface area (Å²) in [6.45, 7) is 3.68. The van der Waals surface area contributed by atoms with Gasteiger partial charge >= 0.3 is 0 Å². The fraction of sp³-hybridized carbons (Fsp3) is 0.438. The molecule has 1 saturated heterocycles. The van der Waals surface area contributed by atoms with Gasteiger partial charge in [0, 0.05) is 26.2 Å². The highest BCUT2D eigenvalue weighted by Gasteiger charge is 2.44. The molecule has 4 heteroatoms. The van der Waals surface area contributed by atoms with Gasteiger partial charge < -0.3 is 14.8 Å². The molecule has 1 heterocycles. The second-order valence-corrected chi connectivity index (χ2v) is 10.5. The molecule has 0 aromatic heterocycles. The molecule has 3 aromatic carbocycles. The number of aryl methyl sites for hydroxylation is 1. The predicted octanol–water partition coefficient (Wildman–Crippen LogP) is 6.84. The number of halogens is 1. The van der Waals surface area contributed by atoms with Crippen LogP contribution in [0.3, 0.4) is 0 Å². The zero-order valence-corrected chi connectivity index (χ0v) is 22.3. The molecule has 2 aliphatic rings. The van der Waals surface area contributed by atoms with Crippen LogP contribution in [0.15, 0.2) is 78.9 Å². The fourth-order valence-corrected chi connectivity index (χ4v) is 5.58. The maximum Gasteiger partial charge on any atom is 0.0768 e. The summed E-state index contributed by atoms with van der Waals surface area (Å²) in [4.78, 5) is 0. The average Bonchev–Trinajstić information content (AvgIpc) is 3.69. The molecule has 0 bridgehead atoms. The monoisotopic (exact) mass is 505 g/mol.